The van der Waals surface area contributed by atoms with Crippen LogP contribution in [-0.4, -0.2) is 54.7 Å². The molecule has 16 heteroatoms. The molecule has 0 saturated carbocycles. The highest BCUT2D eigenvalue weighted by atomic mass is 31.3. The van der Waals surface area contributed by atoms with Gasteiger partial charge in [-0.25, -0.2) is 13.7 Å². The van der Waals surface area contributed by atoms with E-state index in [9.17, 15) is 23.7 Å². The SMILES string of the molecule is O=P(O)(O)OP(=O)(O)OP(=O)(O)O[C@H]1[CH]O[C@H](CO)[C@H]1O. The molecule has 13 nitrogen and oxygen atoms in total. The summed E-state index contributed by atoms with van der Waals surface area (Å²) < 4.78 is 48.7. The van der Waals surface area contributed by atoms with Gasteiger partial charge in [-0.1, -0.05) is 0 Å². The summed E-state index contributed by atoms with van der Waals surface area (Å²) >= 11 is 0. The van der Waals surface area contributed by atoms with Crippen LogP contribution >= 0.6 is 23.5 Å². The van der Waals surface area contributed by atoms with Crippen LogP contribution in [0.3, 0.4) is 0 Å². The van der Waals surface area contributed by atoms with Gasteiger partial charge in [-0.3, -0.25) is 4.52 Å². The standard InChI is InChI=1S/C5H12O13P3/c6-1-3-5(7)4(2-15-3)16-20(11,12)18-21(13,14)17-19(8,9)10/h2-7H,1H2,(H,11,12)(H,13,14)(H2,8,9,10)/t3-,4+,5-/m1/s1. The third-order valence-electron chi connectivity index (χ3n) is 1.96. The quantitative estimate of drug-likeness (QED) is 0.284. The molecular formula is C5H12O13P3. The number of aliphatic hydroxyl groups is 2. The maximum atomic E-state index is 11.4. The largest absolute Gasteiger partial charge is 0.490 e. The fourth-order valence-corrected chi connectivity index (χ4v) is 4.38. The van der Waals surface area contributed by atoms with Crippen LogP contribution in [0, 0.1) is 6.61 Å². The molecule has 21 heavy (non-hydrogen) atoms. The Morgan fingerprint density at radius 2 is 1.62 bits per heavy atom. The Balaban J connectivity index is 2.68. The van der Waals surface area contributed by atoms with Gasteiger partial charge in [0.25, 0.3) is 0 Å². The summed E-state index contributed by atoms with van der Waals surface area (Å²) in [4.78, 5) is 34.7. The van der Waals surface area contributed by atoms with E-state index in [1.54, 1.807) is 0 Å². The second-order valence-electron chi connectivity index (χ2n) is 3.64. The second-order valence-corrected chi connectivity index (χ2v) is 8.02. The predicted molar refractivity (Wildman–Crippen MR) is 61.0 cm³/mol. The molecule has 2 unspecified atom stereocenters. The molecular weight excluding hydrogens is 361 g/mol. The minimum atomic E-state index is -5.62. The molecule has 0 spiro atoms. The molecule has 0 aromatic heterocycles. The molecule has 1 rings (SSSR count). The van der Waals surface area contributed by atoms with Crippen LogP contribution in [0.4, 0.5) is 0 Å². The minimum Gasteiger partial charge on any atom is -0.394 e. The molecule has 0 aromatic carbocycles. The van der Waals surface area contributed by atoms with E-state index in [1.165, 1.54) is 0 Å². The van der Waals surface area contributed by atoms with Crippen LogP contribution in [-0.2, 0) is 31.6 Å². The molecule has 1 aliphatic heterocycles. The van der Waals surface area contributed by atoms with Gasteiger partial charge in [0.15, 0.2) is 0 Å². The maximum absolute atomic E-state index is 11.4. The van der Waals surface area contributed by atoms with Crippen molar-refractivity contribution in [2.24, 2.45) is 0 Å². The third-order valence-corrected chi connectivity index (χ3v) is 5.79. The van der Waals surface area contributed by atoms with Crippen molar-refractivity contribution in [3.05, 3.63) is 6.61 Å². The first kappa shape index (κ1) is 19.3. The first-order valence-corrected chi connectivity index (χ1v) is 9.47. The average molecular weight is 373 g/mol. The van der Waals surface area contributed by atoms with Crippen LogP contribution in [0.15, 0.2) is 0 Å². The molecule has 5 atom stereocenters. The van der Waals surface area contributed by atoms with Crippen LogP contribution < -0.4 is 0 Å². The van der Waals surface area contributed by atoms with Gasteiger partial charge in [-0.05, 0) is 0 Å². The molecule has 6 N–H and O–H groups in total. The van der Waals surface area contributed by atoms with Gasteiger partial charge in [0.1, 0.15) is 24.9 Å². The Morgan fingerprint density at radius 1 is 1.05 bits per heavy atom. The molecule has 1 heterocycles. The van der Waals surface area contributed by atoms with Crippen molar-refractivity contribution in [2.75, 3.05) is 6.61 Å². The fraction of sp³-hybridized carbons (Fsp3) is 0.800. The van der Waals surface area contributed by atoms with Crippen molar-refractivity contribution in [2.45, 2.75) is 18.3 Å². The predicted octanol–water partition coefficient (Wildman–Crippen LogP) is -1.39. The summed E-state index contributed by atoms with van der Waals surface area (Å²) in [5, 5.41) is 18.2. The van der Waals surface area contributed by atoms with Crippen molar-refractivity contribution in [1.29, 1.82) is 0 Å². The normalized spacial score (nSPS) is 32.6. The zero-order valence-corrected chi connectivity index (χ0v) is 12.6. The lowest BCUT2D eigenvalue weighted by Gasteiger charge is -2.20. The van der Waals surface area contributed by atoms with Gasteiger partial charge < -0.3 is 34.5 Å². The summed E-state index contributed by atoms with van der Waals surface area (Å²) in [6, 6.07) is 0. The van der Waals surface area contributed by atoms with Gasteiger partial charge in [0, 0.05) is 0 Å². The van der Waals surface area contributed by atoms with E-state index in [2.05, 4.69) is 17.9 Å². The first-order chi connectivity index (χ1) is 9.35. The Bertz CT molecular complexity index is 498. The van der Waals surface area contributed by atoms with E-state index in [0.717, 1.165) is 6.61 Å². The number of phosphoric ester groups is 1. The number of aliphatic hydroxyl groups excluding tert-OH is 2. The van der Waals surface area contributed by atoms with E-state index in [4.69, 9.17) is 19.8 Å². The fourth-order valence-electron chi connectivity index (χ4n) is 1.24. The van der Waals surface area contributed by atoms with E-state index in [-0.39, 0.29) is 0 Å². The third kappa shape index (κ3) is 6.51. The number of phosphoric acid groups is 3. The number of ether oxygens (including phenoxy) is 1. The molecule has 0 aromatic rings. The van der Waals surface area contributed by atoms with Crippen LogP contribution in [0.25, 0.3) is 0 Å². The minimum absolute atomic E-state index is 0.645. The van der Waals surface area contributed by atoms with Crippen LogP contribution in [0.1, 0.15) is 0 Å². The zero-order chi connectivity index (χ0) is 16.5. The molecule has 0 aliphatic carbocycles. The highest BCUT2D eigenvalue weighted by Crippen LogP contribution is 2.66. The number of hydrogen-bond donors (Lipinski definition) is 6. The number of rotatable bonds is 7. The van der Waals surface area contributed by atoms with E-state index in [0.29, 0.717) is 0 Å². The lowest BCUT2D eigenvalue weighted by Crippen LogP contribution is -2.33. The Labute approximate surface area is 117 Å². The Kier molecular flexibility index (Phi) is 6.27. The summed E-state index contributed by atoms with van der Waals surface area (Å²) in [5.74, 6) is 0. The highest BCUT2D eigenvalue weighted by molar-refractivity contribution is 7.66. The lowest BCUT2D eigenvalue weighted by atomic mass is 10.2. The van der Waals surface area contributed by atoms with Gasteiger partial charge in [0.2, 0.25) is 0 Å². The molecule has 0 bridgehead atoms. The van der Waals surface area contributed by atoms with Crippen molar-refractivity contribution in [1.82, 2.24) is 0 Å². The van der Waals surface area contributed by atoms with Gasteiger partial charge in [-0.2, -0.15) is 8.62 Å². The average Bonchev–Trinajstić information content (AvgIpc) is 2.53. The van der Waals surface area contributed by atoms with Crippen molar-refractivity contribution < 1.29 is 61.4 Å². The molecule has 1 saturated heterocycles. The highest BCUT2D eigenvalue weighted by Gasteiger charge is 2.46. The van der Waals surface area contributed by atoms with Gasteiger partial charge >= 0.3 is 23.5 Å². The van der Waals surface area contributed by atoms with Crippen molar-refractivity contribution in [3.8, 4) is 0 Å². The topological polar surface area (TPSA) is 210 Å². The van der Waals surface area contributed by atoms with Crippen LogP contribution in [0.2, 0.25) is 0 Å². The van der Waals surface area contributed by atoms with Gasteiger partial charge in [-0.15, -0.1) is 0 Å². The second kappa shape index (κ2) is 6.81. The zero-order valence-electron chi connectivity index (χ0n) is 9.90. The van der Waals surface area contributed by atoms with Crippen molar-refractivity contribution in [3.63, 3.8) is 0 Å². The van der Waals surface area contributed by atoms with E-state index in [1.807, 2.05) is 0 Å². The molecule has 0 amide bonds. The molecule has 1 fully saturated rings. The monoisotopic (exact) mass is 373 g/mol. The van der Waals surface area contributed by atoms with E-state index < -0.39 is 48.4 Å². The Hall–Kier alpha value is 0.290. The number of hydrogen-bond acceptors (Lipinski definition) is 9. The van der Waals surface area contributed by atoms with E-state index >= 15 is 0 Å². The van der Waals surface area contributed by atoms with Crippen LogP contribution in [0.5, 0.6) is 0 Å². The summed E-state index contributed by atoms with van der Waals surface area (Å²) in [6.45, 7) is 0.0812. The van der Waals surface area contributed by atoms with Gasteiger partial charge in [0.05, 0.1) is 6.61 Å². The smallest absolute Gasteiger partial charge is 0.394 e. The van der Waals surface area contributed by atoms with Crippen molar-refractivity contribution >= 4 is 23.5 Å². The first-order valence-electron chi connectivity index (χ1n) is 4.95. The molecule has 125 valence electrons. The molecule has 1 aliphatic rings. The summed E-state index contributed by atoms with van der Waals surface area (Å²) in [7, 11) is -16.5. The molecule has 1 radical (unpaired) electrons. The summed E-state index contributed by atoms with van der Waals surface area (Å²) in [6.07, 6.45) is -4.34. The Morgan fingerprint density at radius 3 is 2.05 bits per heavy atom. The lowest BCUT2D eigenvalue weighted by molar-refractivity contribution is -0.00340. The maximum Gasteiger partial charge on any atom is 0.490 e. The summed E-state index contributed by atoms with van der Waals surface area (Å²) in [5.41, 5.74) is 0.